The smallest absolute Gasteiger partial charge is 0.270 e. The lowest BCUT2D eigenvalue weighted by Crippen LogP contribution is -2.57. The third-order valence-corrected chi connectivity index (χ3v) is 7.70. The quantitative estimate of drug-likeness (QED) is 0.121. The van der Waals surface area contributed by atoms with Gasteiger partial charge in [0.15, 0.2) is 23.2 Å². The summed E-state index contributed by atoms with van der Waals surface area (Å²) in [5.41, 5.74) is 4.10. The normalized spacial score (nSPS) is 14.0. The van der Waals surface area contributed by atoms with Crippen molar-refractivity contribution in [3.05, 3.63) is 113 Å². The van der Waals surface area contributed by atoms with Gasteiger partial charge in [-0.1, -0.05) is 42.5 Å². The van der Waals surface area contributed by atoms with E-state index >= 15 is 0 Å². The van der Waals surface area contributed by atoms with Gasteiger partial charge in [0, 0.05) is 0 Å². The third kappa shape index (κ3) is 6.77. The van der Waals surface area contributed by atoms with Gasteiger partial charge in [-0.15, -0.1) is 0 Å². The first-order chi connectivity index (χ1) is 22.2. The minimum atomic E-state index is -0.549. The van der Waals surface area contributed by atoms with Crippen molar-refractivity contribution in [1.82, 2.24) is 0 Å². The van der Waals surface area contributed by atoms with Crippen LogP contribution < -0.4 is 29.3 Å². The van der Waals surface area contributed by atoms with Crippen molar-refractivity contribution in [2.75, 3.05) is 35.4 Å². The van der Waals surface area contributed by atoms with E-state index in [9.17, 15) is 14.4 Å². The number of anilines is 3. The molecule has 4 aromatic carbocycles. The average Bonchev–Trinajstić information content (AvgIpc) is 3.05. The maximum atomic E-state index is 14.0. The number of hydrogen-bond donors (Lipinski definition) is 1. The van der Waals surface area contributed by atoms with E-state index in [0.29, 0.717) is 46.5 Å². The Kier molecular flexibility index (Phi) is 9.78. The zero-order chi connectivity index (χ0) is 32.8. The highest BCUT2D eigenvalue weighted by Crippen LogP contribution is 2.33. The summed E-state index contributed by atoms with van der Waals surface area (Å²) in [6, 6.07) is 26.6. The maximum absolute atomic E-state index is 14.0. The largest absolute Gasteiger partial charge is 0.495 e. The number of rotatable bonds is 10. The molecule has 234 valence electrons. The van der Waals surface area contributed by atoms with Gasteiger partial charge in [0.05, 0.1) is 30.8 Å². The van der Waals surface area contributed by atoms with Crippen LogP contribution in [0.2, 0.25) is 0 Å². The first-order valence-electron chi connectivity index (χ1n) is 14.6. The number of amides is 3. The Morgan fingerprint density at radius 2 is 1.48 bits per heavy atom. The number of methoxy groups -OCH3 is 1. The Hall–Kier alpha value is -5.48. The number of benzene rings is 4. The van der Waals surface area contributed by atoms with Crippen LogP contribution in [0.1, 0.15) is 23.6 Å². The van der Waals surface area contributed by atoms with Crippen LogP contribution in [0.4, 0.5) is 17.1 Å². The number of hydrogen-bond acceptors (Lipinski definition) is 7. The topological polar surface area (TPSA) is 97.4 Å². The van der Waals surface area contributed by atoms with Crippen LogP contribution in [-0.2, 0) is 14.4 Å². The maximum Gasteiger partial charge on any atom is 0.270 e. The van der Waals surface area contributed by atoms with Crippen LogP contribution >= 0.6 is 12.2 Å². The van der Waals surface area contributed by atoms with Crippen LogP contribution in [0.15, 0.2) is 96.6 Å². The highest BCUT2D eigenvalue weighted by atomic mass is 32.1. The second-order valence-corrected chi connectivity index (χ2v) is 10.8. The molecule has 0 aliphatic carbocycles. The van der Waals surface area contributed by atoms with Gasteiger partial charge in [-0.25, -0.2) is 0 Å². The molecule has 0 aromatic heterocycles. The zero-order valence-corrected chi connectivity index (χ0v) is 26.7. The summed E-state index contributed by atoms with van der Waals surface area (Å²) in [6.07, 6.45) is 1.51. The number of para-hydroxylation sites is 3. The van der Waals surface area contributed by atoms with E-state index in [1.807, 2.05) is 45.0 Å². The van der Waals surface area contributed by atoms with Crippen LogP contribution in [0.25, 0.3) is 6.08 Å². The highest BCUT2D eigenvalue weighted by Gasteiger charge is 2.41. The van der Waals surface area contributed by atoms with Gasteiger partial charge < -0.3 is 19.5 Å². The fraction of sp³-hybridized carbons (Fsp3) is 0.167. The predicted octanol–water partition coefficient (Wildman–Crippen LogP) is 6.48. The lowest BCUT2D eigenvalue weighted by molar-refractivity contribution is -0.121. The van der Waals surface area contributed by atoms with E-state index in [4.69, 9.17) is 26.4 Å². The number of nitrogens with one attached hydrogen (secondary N) is 1. The van der Waals surface area contributed by atoms with Crippen molar-refractivity contribution >= 4 is 58.2 Å². The zero-order valence-electron chi connectivity index (χ0n) is 25.9. The molecule has 1 fully saturated rings. The summed E-state index contributed by atoms with van der Waals surface area (Å²) in [4.78, 5) is 43.3. The number of aryl methyl sites for hydroxylation is 2. The predicted molar refractivity (Wildman–Crippen MR) is 183 cm³/mol. The third-order valence-electron chi connectivity index (χ3n) is 7.33. The van der Waals surface area contributed by atoms with E-state index in [2.05, 4.69) is 5.32 Å². The minimum Gasteiger partial charge on any atom is -0.495 e. The Morgan fingerprint density at radius 1 is 0.783 bits per heavy atom. The van der Waals surface area contributed by atoms with Crippen LogP contribution in [0.3, 0.4) is 0 Å². The molecule has 0 saturated carbocycles. The van der Waals surface area contributed by atoms with Gasteiger partial charge >= 0.3 is 0 Å². The molecular formula is C36H33N3O6S. The number of carbonyl (C=O) groups excluding carboxylic acids is 3. The number of ether oxygens (including phenoxy) is 3. The SMILES string of the molecule is CCOc1cc(/C=C2\C(=O)N(c3ccccc3)C(=S)N(c3ccc(C)c(C)c3)C2=O)ccc1OCC(=O)Nc1ccccc1OC. The summed E-state index contributed by atoms with van der Waals surface area (Å²) in [7, 11) is 1.52. The van der Waals surface area contributed by atoms with Crippen molar-refractivity contribution in [2.45, 2.75) is 20.8 Å². The molecule has 1 heterocycles. The molecule has 1 aliphatic rings. The lowest BCUT2D eigenvalue weighted by Gasteiger charge is -2.36. The molecule has 0 radical (unpaired) electrons. The van der Waals surface area contributed by atoms with Crippen LogP contribution in [0.5, 0.6) is 17.2 Å². The second-order valence-electron chi connectivity index (χ2n) is 10.4. The standard InChI is InChI=1S/C36H33N3O6S/c1-5-44-32-21-25(16-18-31(32)45-22-33(40)37-29-13-9-10-14-30(29)43-4)20-28-34(41)38(26-11-7-6-8-12-26)36(46)39(35(28)42)27-17-15-23(2)24(3)19-27/h6-21H,5,22H2,1-4H3,(H,37,40)/b28-20+. The van der Waals surface area contributed by atoms with E-state index < -0.39 is 11.8 Å². The molecule has 3 amide bonds. The average molecular weight is 636 g/mol. The van der Waals surface area contributed by atoms with Gasteiger partial charge in [0.2, 0.25) is 0 Å². The molecule has 9 nitrogen and oxygen atoms in total. The first-order valence-corrected chi connectivity index (χ1v) is 15.0. The molecular weight excluding hydrogens is 602 g/mol. The van der Waals surface area contributed by atoms with Crippen molar-refractivity contribution in [3.63, 3.8) is 0 Å². The van der Waals surface area contributed by atoms with Crippen LogP contribution in [0, 0.1) is 13.8 Å². The molecule has 4 aromatic rings. The number of thiocarbonyl (C=S) groups is 1. The fourth-order valence-electron chi connectivity index (χ4n) is 4.87. The van der Waals surface area contributed by atoms with E-state index in [0.717, 1.165) is 11.1 Å². The molecule has 0 bridgehead atoms. The molecule has 5 rings (SSSR count). The molecule has 1 N–H and O–H groups in total. The van der Waals surface area contributed by atoms with Crippen molar-refractivity contribution < 1.29 is 28.6 Å². The Labute approximate surface area is 273 Å². The number of nitrogens with zero attached hydrogens (tertiary/aromatic N) is 2. The van der Waals surface area contributed by atoms with Gasteiger partial charge in [-0.2, -0.15) is 0 Å². The fourth-order valence-corrected chi connectivity index (χ4v) is 5.25. The van der Waals surface area contributed by atoms with Crippen LogP contribution in [-0.4, -0.2) is 43.2 Å². The highest BCUT2D eigenvalue weighted by molar-refractivity contribution is 7.81. The van der Waals surface area contributed by atoms with Crippen molar-refractivity contribution in [1.29, 1.82) is 0 Å². The Morgan fingerprint density at radius 3 is 2.17 bits per heavy atom. The molecule has 10 heteroatoms. The molecule has 46 heavy (non-hydrogen) atoms. The molecule has 0 atom stereocenters. The van der Waals surface area contributed by atoms with E-state index in [1.54, 1.807) is 66.7 Å². The summed E-state index contributed by atoms with van der Waals surface area (Å²) in [6.45, 7) is 5.78. The van der Waals surface area contributed by atoms with Gasteiger partial charge in [0.25, 0.3) is 17.7 Å². The van der Waals surface area contributed by atoms with Crippen molar-refractivity contribution in [2.24, 2.45) is 0 Å². The Bertz CT molecular complexity index is 1840. The summed E-state index contributed by atoms with van der Waals surface area (Å²) in [5, 5.41) is 2.83. The van der Waals surface area contributed by atoms with E-state index in [1.165, 1.54) is 23.0 Å². The molecule has 0 spiro atoms. The Balaban J connectivity index is 1.46. The summed E-state index contributed by atoms with van der Waals surface area (Å²) < 4.78 is 16.9. The van der Waals surface area contributed by atoms with Gasteiger partial charge in [-0.05, 0) is 104 Å². The molecule has 0 unspecified atom stereocenters. The second kappa shape index (κ2) is 14.1. The van der Waals surface area contributed by atoms with E-state index in [-0.39, 0.29) is 23.2 Å². The van der Waals surface area contributed by atoms with Crippen molar-refractivity contribution in [3.8, 4) is 17.2 Å². The number of carbonyl (C=O) groups is 3. The molecule has 1 saturated heterocycles. The lowest BCUT2D eigenvalue weighted by atomic mass is 10.0. The summed E-state index contributed by atoms with van der Waals surface area (Å²) >= 11 is 5.74. The monoisotopic (exact) mass is 635 g/mol. The summed E-state index contributed by atoms with van der Waals surface area (Å²) in [5.74, 6) is -0.287. The first kappa shape index (κ1) is 31.9. The minimum absolute atomic E-state index is 0.0618. The molecule has 1 aliphatic heterocycles. The van der Waals surface area contributed by atoms with Gasteiger partial charge in [-0.3, -0.25) is 24.2 Å². The van der Waals surface area contributed by atoms with Gasteiger partial charge in [0.1, 0.15) is 11.3 Å².